The molecule has 0 aromatic heterocycles. The summed E-state index contributed by atoms with van der Waals surface area (Å²) in [5, 5.41) is 0. The van der Waals surface area contributed by atoms with E-state index in [0.717, 1.165) is 11.6 Å². The normalized spacial score (nSPS) is 24.3. The highest BCUT2D eigenvalue weighted by atomic mass is 15.2. The topological polar surface area (TPSA) is 3.24 Å². The van der Waals surface area contributed by atoms with E-state index in [-0.39, 0.29) is 5.41 Å². The van der Waals surface area contributed by atoms with Gasteiger partial charge < -0.3 is 0 Å². The summed E-state index contributed by atoms with van der Waals surface area (Å²) in [5.41, 5.74) is 5.55. The predicted octanol–water partition coefficient (Wildman–Crippen LogP) is 4.18. The lowest BCUT2D eigenvalue weighted by Gasteiger charge is -2.41. The van der Waals surface area contributed by atoms with Crippen LogP contribution in [0.25, 0.3) is 0 Å². The van der Waals surface area contributed by atoms with Crippen LogP contribution in [0.4, 0.5) is 0 Å². The maximum Gasteiger partial charge on any atom is 0.0351 e. The molecule has 1 atom stereocenters. The smallest absolute Gasteiger partial charge is 0.0351 e. The summed E-state index contributed by atoms with van der Waals surface area (Å²) in [7, 11) is 2.30. The fraction of sp³-hybridized carbons (Fsp3) is 0.579. The molecule has 1 unspecified atom stereocenters. The third-order valence-corrected chi connectivity index (χ3v) is 5.30. The van der Waals surface area contributed by atoms with Crippen molar-refractivity contribution in [3.63, 3.8) is 0 Å². The molecule has 20 heavy (non-hydrogen) atoms. The first kappa shape index (κ1) is 13.7. The zero-order valence-corrected chi connectivity index (χ0v) is 13.2. The molecule has 0 saturated heterocycles. The Morgan fingerprint density at radius 2 is 1.95 bits per heavy atom. The second-order valence-corrected chi connectivity index (χ2v) is 7.23. The summed E-state index contributed by atoms with van der Waals surface area (Å²) in [6.45, 7) is 6.86. The molecule has 1 saturated carbocycles. The summed E-state index contributed by atoms with van der Waals surface area (Å²) in [6, 6.07) is 6.02. The summed E-state index contributed by atoms with van der Waals surface area (Å²) < 4.78 is 0. The molecular formula is C19H25N. The Kier molecular flexibility index (Phi) is 3.18. The van der Waals surface area contributed by atoms with E-state index in [9.17, 15) is 0 Å². The van der Waals surface area contributed by atoms with Crippen molar-refractivity contribution in [1.82, 2.24) is 4.90 Å². The highest BCUT2D eigenvalue weighted by molar-refractivity contribution is 5.50. The molecule has 1 nitrogen and oxygen atoms in total. The molecule has 0 amide bonds. The molecule has 0 radical (unpaired) electrons. The van der Waals surface area contributed by atoms with Crippen LogP contribution < -0.4 is 0 Å². The Bertz CT molecular complexity index is 572. The Labute approximate surface area is 123 Å². The Morgan fingerprint density at radius 1 is 1.25 bits per heavy atom. The highest BCUT2D eigenvalue weighted by Crippen LogP contribution is 2.46. The van der Waals surface area contributed by atoms with Crippen LogP contribution >= 0.6 is 0 Å². The number of rotatable bonds is 2. The van der Waals surface area contributed by atoms with Gasteiger partial charge >= 0.3 is 0 Å². The Balaban J connectivity index is 2.09. The van der Waals surface area contributed by atoms with Crippen molar-refractivity contribution in [2.24, 2.45) is 0 Å². The molecule has 1 fully saturated rings. The molecule has 106 valence electrons. The van der Waals surface area contributed by atoms with Crippen LogP contribution in [0.15, 0.2) is 12.1 Å². The maximum atomic E-state index is 5.66. The molecular weight excluding hydrogens is 242 g/mol. The summed E-state index contributed by atoms with van der Waals surface area (Å²) in [4.78, 5) is 2.60. The van der Waals surface area contributed by atoms with E-state index in [1.54, 1.807) is 0 Å². The SMILES string of the molecule is C#Cc1cc2c(cc1C)C(N(C)C1CC1)CCC2(C)C. The summed E-state index contributed by atoms with van der Waals surface area (Å²) in [5.74, 6) is 2.85. The first-order chi connectivity index (χ1) is 9.44. The molecule has 0 heterocycles. The van der Waals surface area contributed by atoms with Gasteiger partial charge in [-0.1, -0.05) is 25.8 Å². The number of hydrogen-bond acceptors (Lipinski definition) is 1. The molecule has 0 aliphatic heterocycles. The number of benzene rings is 1. The lowest BCUT2D eigenvalue weighted by molar-refractivity contribution is 0.192. The van der Waals surface area contributed by atoms with Gasteiger partial charge in [0, 0.05) is 17.6 Å². The van der Waals surface area contributed by atoms with Crippen molar-refractivity contribution >= 4 is 0 Å². The third-order valence-electron chi connectivity index (χ3n) is 5.30. The van der Waals surface area contributed by atoms with Crippen molar-refractivity contribution in [3.05, 3.63) is 34.4 Å². The van der Waals surface area contributed by atoms with Gasteiger partial charge in [0.1, 0.15) is 0 Å². The van der Waals surface area contributed by atoms with Gasteiger partial charge in [0.2, 0.25) is 0 Å². The van der Waals surface area contributed by atoms with E-state index in [1.165, 1.54) is 42.4 Å². The quantitative estimate of drug-likeness (QED) is 0.726. The van der Waals surface area contributed by atoms with Crippen LogP contribution in [0.3, 0.4) is 0 Å². The third kappa shape index (κ3) is 2.17. The zero-order valence-electron chi connectivity index (χ0n) is 13.2. The largest absolute Gasteiger partial charge is 0.296 e. The van der Waals surface area contributed by atoms with E-state index in [1.807, 2.05) is 0 Å². The fourth-order valence-electron chi connectivity index (χ4n) is 3.69. The van der Waals surface area contributed by atoms with Crippen LogP contribution in [0.1, 0.15) is 67.8 Å². The van der Waals surface area contributed by atoms with Gasteiger partial charge in [0.25, 0.3) is 0 Å². The van der Waals surface area contributed by atoms with Crippen LogP contribution in [0.5, 0.6) is 0 Å². The van der Waals surface area contributed by atoms with Crippen LogP contribution in [0, 0.1) is 19.3 Å². The van der Waals surface area contributed by atoms with Crippen molar-refractivity contribution < 1.29 is 0 Å². The molecule has 1 aromatic carbocycles. The van der Waals surface area contributed by atoms with E-state index in [4.69, 9.17) is 6.42 Å². The van der Waals surface area contributed by atoms with Crippen LogP contribution in [-0.2, 0) is 5.41 Å². The first-order valence-electron chi connectivity index (χ1n) is 7.77. The van der Waals surface area contributed by atoms with Crippen LogP contribution in [0.2, 0.25) is 0 Å². The monoisotopic (exact) mass is 267 g/mol. The lowest BCUT2D eigenvalue weighted by Crippen LogP contribution is -2.35. The fourth-order valence-corrected chi connectivity index (χ4v) is 3.69. The first-order valence-corrected chi connectivity index (χ1v) is 7.77. The van der Waals surface area contributed by atoms with Crippen LogP contribution in [-0.4, -0.2) is 18.0 Å². The highest BCUT2D eigenvalue weighted by Gasteiger charge is 2.38. The average molecular weight is 267 g/mol. The average Bonchev–Trinajstić information content (AvgIpc) is 3.22. The van der Waals surface area contributed by atoms with Gasteiger partial charge in [0.05, 0.1) is 0 Å². The summed E-state index contributed by atoms with van der Waals surface area (Å²) in [6.07, 6.45) is 10.9. The molecule has 2 aliphatic carbocycles. The lowest BCUT2D eigenvalue weighted by atomic mass is 9.69. The Morgan fingerprint density at radius 3 is 2.55 bits per heavy atom. The molecule has 0 spiro atoms. The van der Waals surface area contributed by atoms with Gasteiger partial charge in [-0.3, -0.25) is 4.90 Å². The molecule has 2 aliphatic rings. The number of terminal acetylenes is 1. The van der Waals surface area contributed by atoms with Crippen molar-refractivity contribution in [3.8, 4) is 12.3 Å². The van der Waals surface area contributed by atoms with Crippen molar-refractivity contribution in [1.29, 1.82) is 0 Å². The van der Waals surface area contributed by atoms with E-state index < -0.39 is 0 Å². The molecule has 1 heteroatoms. The van der Waals surface area contributed by atoms with Gasteiger partial charge in [-0.05, 0) is 67.8 Å². The second-order valence-electron chi connectivity index (χ2n) is 7.23. The standard InChI is InChI=1S/C19H25N/c1-6-14-12-17-16(11-13(14)2)18(9-10-19(17,3)4)20(5)15-7-8-15/h1,11-12,15,18H,7-10H2,2-5H3. The van der Waals surface area contributed by atoms with Gasteiger partial charge in [0.15, 0.2) is 0 Å². The number of fused-ring (bicyclic) bond motifs is 1. The minimum absolute atomic E-state index is 0.246. The number of nitrogens with zero attached hydrogens (tertiary/aromatic N) is 1. The number of aryl methyl sites for hydroxylation is 1. The zero-order chi connectivity index (χ0) is 14.5. The molecule has 0 bridgehead atoms. The summed E-state index contributed by atoms with van der Waals surface area (Å²) >= 11 is 0. The molecule has 3 rings (SSSR count). The molecule has 0 N–H and O–H groups in total. The maximum absolute atomic E-state index is 5.66. The van der Waals surface area contributed by atoms with Crippen molar-refractivity contribution in [2.45, 2.75) is 64.0 Å². The predicted molar refractivity (Wildman–Crippen MR) is 84.9 cm³/mol. The van der Waals surface area contributed by atoms with E-state index in [0.29, 0.717) is 6.04 Å². The second kappa shape index (κ2) is 4.64. The minimum atomic E-state index is 0.246. The van der Waals surface area contributed by atoms with E-state index in [2.05, 4.69) is 50.8 Å². The Hall–Kier alpha value is -1.26. The van der Waals surface area contributed by atoms with E-state index >= 15 is 0 Å². The molecule has 1 aromatic rings. The van der Waals surface area contributed by atoms with Gasteiger partial charge in [-0.25, -0.2) is 0 Å². The van der Waals surface area contributed by atoms with Gasteiger partial charge in [-0.15, -0.1) is 6.42 Å². The minimum Gasteiger partial charge on any atom is -0.296 e. The van der Waals surface area contributed by atoms with Gasteiger partial charge in [-0.2, -0.15) is 0 Å². The number of hydrogen-bond donors (Lipinski definition) is 0. The van der Waals surface area contributed by atoms with Crippen molar-refractivity contribution in [2.75, 3.05) is 7.05 Å².